The van der Waals surface area contributed by atoms with E-state index in [0.29, 0.717) is 6.04 Å². The molecule has 0 fully saturated rings. The molecule has 0 spiro atoms. The molecular weight excluding hydrogens is 122 g/mol. The van der Waals surface area contributed by atoms with Crippen LogP contribution in [0.4, 0.5) is 0 Å². The van der Waals surface area contributed by atoms with E-state index in [9.17, 15) is 0 Å². The van der Waals surface area contributed by atoms with Gasteiger partial charge in [-0.2, -0.15) is 0 Å². The lowest BCUT2D eigenvalue weighted by Crippen LogP contribution is -2.32. The third kappa shape index (κ3) is 3.21. The van der Waals surface area contributed by atoms with Crippen LogP contribution in [0.15, 0.2) is 0 Å². The van der Waals surface area contributed by atoms with Gasteiger partial charge in [0.25, 0.3) is 0 Å². The molecule has 1 unspecified atom stereocenters. The quantitative estimate of drug-likeness (QED) is 0.569. The van der Waals surface area contributed by atoms with Crippen LogP contribution in [-0.2, 0) is 0 Å². The molecule has 0 amide bonds. The highest BCUT2D eigenvalue weighted by Gasteiger charge is 2.07. The Morgan fingerprint density at radius 2 is 1.70 bits per heavy atom. The lowest BCUT2D eigenvalue weighted by molar-refractivity contribution is 0.240. The van der Waals surface area contributed by atoms with Crippen LogP contribution in [0.25, 0.3) is 0 Å². The molecular formula is C9H20N. The molecule has 1 atom stereocenters. The lowest BCUT2D eigenvalue weighted by atomic mass is 10.1. The summed E-state index contributed by atoms with van der Waals surface area (Å²) in [7, 11) is 0. The van der Waals surface area contributed by atoms with Crippen molar-refractivity contribution in [1.82, 2.24) is 4.90 Å². The Bertz CT molecular complexity index is 67.1. The second-order valence-corrected chi connectivity index (χ2v) is 2.66. The van der Waals surface area contributed by atoms with Crippen LogP contribution in [0.3, 0.4) is 0 Å². The van der Waals surface area contributed by atoms with Crippen molar-refractivity contribution in [2.24, 2.45) is 0 Å². The summed E-state index contributed by atoms with van der Waals surface area (Å²) in [6, 6.07) is 0.528. The van der Waals surface area contributed by atoms with Crippen molar-refractivity contribution >= 4 is 0 Å². The largest absolute Gasteiger partial charge is 0.301 e. The Balaban J connectivity index is 3.53. The molecule has 0 saturated carbocycles. The Morgan fingerprint density at radius 1 is 1.20 bits per heavy atom. The van der Waals surface area contributed by atoms with E-state index < -0.39 is 0 Å². The van der Waals surface area contributed by atoms with Gasteiger partial charge in [0.15, 0.2) is 0 Å². The zero-order valence-electron chi connectivity index (χ0n) is 7.56. The maximum Gasteiger partial charge on any atom is 0.00955 e. The Kier molecular flexibility index (Phi) is 5.70. The molecule has 10 heavy (non-hydrogen) atoms. The molecule has 61 valence electrons. The van der Waals surface area contributed by atoms with Crippen molar-refractivity contribution < 1.29 is 0 Å². The van der Waals surface area contributed by atoms with E-state index in [1.54, 1.807) is 0 Å². The summed E-state index contributed by atoms with van der Waals surface area (Å²) >= 11 is 0. The van der Waals surface area contributed by atoms with Crippen LogP contribution in [0.5, 0.6) is 0 Å². The zero-order valence-corrected chi connectivity index (χ0v) is 7.56. The summed E-state index contributed by atoms with van der Waals surface area (Å²) in [4.78, 5) is 2.39. The number of nitrogens with zero attached hydrogens (tertiary/aromatic N) is 1. The van der Waals surface area contributed by atoms with Crippen molar-refractivity contribution in [3.8, 4) is 0 Å². The van der Waals surface area contributed by atoms with E-state index in [1.165, 1.54) is 12.8 Å². The van der Waals surface area contributed by atoms with E-state index >= 15 is 0 Å². The van der Waals surface area contributed by atoms with Crippen LogP contribution in [0.1, 0.15) is 33.6 Å². The smallest absolute Gasteiger partial charge is 0.00955 e. The molecule has 0 heterocycles. The van der Waals surface area contributed by atoms with Crippen molar-refractivity contribution in [2.45, 2.75) is 39.7 Å². The molecule has 0 bridgehead atoms. The van der Waals surface area contributed by atoms with Crippen LogP contribution < -0.4 is 0 Å². The molecule has 0 N–H and O–H groups in total. The van der Waals surface area contributed by atoms with Gasteiger partial charge >= 0.3 is 0 Å². The molecule has 0 aromatic carbocycles. The summed E-state index contributed by atoms with van der Waals surface area (Å²) < 4.78 is 0. The minimum atomic E-state index is 0.528. The highest BCUT2D eigenvalue weighted by atomic mass is 15.1. The minimum Gasteiger partial charge on any atom is -0.301 e. The van der Waals surface area contributed by atoms with Crippen LogP contribution in [-0.4, -0.2) is 24.0 Å². The number of hydrogen-bond acceptors (Lipinski definition) is 1. The van der Waals surface area contributed by atoms with Gasteiger partial charge in [0.1, 0.15) is 0 Å². The van der Waals surface area contributed by atoms with Gasteiger partial charge in [0.05, 0.1) is 0 Å². The molecule has 1 nitrogen and oxygen atoms in total. The third-order valence-electron chi connectivity index (χ3n) is 1.95. The van der Waals surface area contributed by atoms with E-state index in [-0.39, 0.29) is 0 Å². The van der Waals surface area contributed by atoms with Crippen LogP contribution in [0.2, 0.25) is 0 Å². The average molecular weight is 142 g/mol. The van der Waals surface area contributed by atoms with Gasteiger partial charge in [-0.3, -0.25) is 0 Å². The first-order valence-corrected chi connectivity index (χ1v) is 4.33. The Labute approximate surface area is 65.4 Å². The first-order valence-electron chi connectivity index (χ1n) is 4.33. The maximum absolute atomic E-state index is 4.10. The predicted octanol–water partition coefficient (Wildman–Crippen LogP) is 2.33. The molecule has 0 aliphatic carbocycles. The summed E-state index contributed by atoms with van der Waals surface area (Å²) in [6.07, 6.45) is 2.46. The topological polar surface area (TPSA) is 3.24 Å². The molecule has 0 saturated heterocycles. The first kappa shape index (κ1) is 9.96. The van der Waals surface area contributed by atoms with E-state index in [4.69, 9.17) is 0 Å². The van der Waals surface area contributed by atoms with E-state index in [2.05, 4.69) is 32.6 Å². The van der Waals surface area contributed by atoms with Crippen molar-refractivity contribution in [3.05, 3.63) is 6.92 Å². The predicted molar refractivity (Wildman–Crippen MR) is 47.0 cm³/mol. The molecule has 1 radical (unpaired) electrons. The molecule has 0 aromatic rings. The van der Waals surface area contributed by atoms with E-state index in [0.717, 1.165) is 13.1 Å². The maximum atomic E-state index is 4.10. The Morgan fingerprint density at radius 3 is 2.00 bits per heavy atom. The highest BCUT2D eigenvalue weighted by Crippen LogP contribution is 2.04. The zero-order chi connectivity index (χ0) is 7.98. The number of hydrogen-bond donors (Lipinski definition) is 0. The fourth-order valence-electron chi connectivity index (χ4n) is 1.26. The molecule has 0 rings (SSSR count). The SMILES string of the molecule is [CH2]C(CCC)N(CC)CC. The normalized spacial score (nSPS) is 14.1. The molecule has 1 heteroatoms. The van der Waals surface area contributed by atoms with Crippen molar-refractivity contribution in [1.29, 1.82) is 0 Å². The lowest BCUT2D eigenvalue weighted by Gasteiger charge is -2.25. The summed E-state index contributed by atoms with van der Waals surface area (Å²) in [6.45, 7) is 12.9. The summed E-state index contributed by atoms with van der Waals surface area (Å²) in [5, 5.41) is 0. The minimum absolute atomic E-state index is 0.528. The second-order valence-electron chi connectivity index (χ2n) is 2.66. The summed E-state index contributed by atoms with van der Waals surface area (Å²) in [5.41, 5.74) is 0. The molecule has 0 aliphatic rings. The first-order chi connectivity index (χ1) is 4.76. The van der Waals surface area contributed by atoms with Gasteiger partial charge in [-0.25, -0.2) is 0 Å². The standard InChI is InChI=1S/C9H20N/c1-5-8-9(4)10(6-2)7-3/h9H,4-8H2,1-3H3. The van der Waals surface area contributed by atoms with Gasteiger partial charge < -0.3 is 4.90 Å². The van der Waals surface area contributed by atoms with E-state index in [1.807, 2.05) is 0 Å². The van der Waals surface area contributed by atoms with Gasteiger partial charge in [-0.05, 0) is 26.4 Å². The molecule has 0 aliphatic heterocycles. The van der Waals surface area contributed by atoms with Crippen molar-refractivity contribution in [3.63, 3.8) is 0 Å². The van der Waals surface area contributed by atoms with Gasteiger partial charge in [-0.1, -0.05) is 27.2 Å². The van der Waals surface area contributed by atoms with Gasteiger partial charge in [0.2, 0.25) is 0 Å². The monoisotopic (exact) mass is 142 g/mol. The third-order valence-corrected chi connectivity index (χ3v) is 1.95. The Hall–Kier alpha value is -0.0400. The second kappa shape index (κ2) is 5.72. The van der Waals surface area contributed by atoms with Crippen molar-refractivity contribution in [2.75, 3.05) is 13.1 Å². The van der Waals surface area contributed by atoms with Crippen LogP contribution in [0, 0.1) is 6.92 Å². The fourth-order valence-corrected chi connectivity index (χ4v) is 1.26. The van der Waals surface area contributed by atoms with Gasteiger partial charge in [0, 0.05) is 6.04 Å². The average Bonchev–Trinajstić information content (AvgIpc) is 1.91. The fraction of sp³-hybridized carbons (Fsp3) is 0.889. The molecule has 0 aromatic heterocycles. The summed E-state index contributed by atoms with van der Waals surface area (Å²) in [5.74, 6) is 0. The number of rotatable bonds is 5. The van der Waals surface area contributed by atoms with Gasteiger partial charge in [-0.15, -0.1) is 0 Å². The van der Waals surface area contributed by atoms with Crippen LogP contribution >= 0.6 is 0 Å². The highest BCUT2D eigenvalue weighted by molar-refractivity contribution is 4.70.